The van der Waals surface area contributed by atoms with Crippen molar-refractivity contribution in [1.82, 2.24) is 5.32 Å². The van der Waals surface area contributed by atoms with Gasteiger partial charge in [0.1, 0.15) is 0 Å². The highest BCUT2D eigenvalue weighted by Gasteiger charge is 2.18. The van der Waals surface area contributed by atoms with E-state index in [4.69, 9.17) is 4.74 Å². The van der Waals surface area contributed by atoms with Gasteiger partial charge in [0.2, 0.25) is 5.91 Å². The number of nitrogens with one attached hydrogen (secondary N) is 1. The molecule has 2 aromatic rings. The van der Waals surface area contributed by atoms with Gasteiger partial charge in [-0.25, -0.2) is 0 Å². The topological polar surface area (TPSA) is 55.4 Å². The van der Waals surface area contributed by atoms with Crippen LogP contribution in [0.4, 0.5) is 0 Å². The standard InChI is InChI=1S/C19H21NO3/c1-2-19(22)23-14-20-18(21)13-17(15-9-5-3-6-10-15)16-11-7-4-8-12-16/h3-12,17H,2,13-14H2,1H3,(H,20,21). The lowest BCUT2D eigenvalue weighted by molar-refractivity contribution is -0.145. The second kappa shape index (κ2) is 8.73. The number of hydrogen-bond acceptors (Lipinski definition) is 3. The number of hydrogen-bond donors (Lipinski definition) is 1. The van der Waals surface area contributed by atoms with Crippen LogP contribution in [0.1, 0.15) is 36.8 Å². The molecule has 0 aliphatic rings. The van der Waals surface area contributed by atoms with Gasteiger partial charge in [0.15, 0.2) is 6.73 Å². The maximum atomic E-state index is 12.2. The van der Waals surface area contributed by atoms with Gasteiger partial charge in [-0.3, -0.25) is 9.59 Å². The summed E-state index contributed by atoms with van der Waals surface area (Å²) in [5.41, 5.74) is 2.17. The van der Waals surface area contributed by atoms with Crippen molar-refractivity contribution in [2.75, 3.05) is 6.73 Å². The molecule has 0 unspecified atom stereocenters. The summed E-state index contributed by atoms with van der Waals surface area (Å²) in [5.74, 6) is -0.501. The van der Waals surface area contributed by atoms with Crippen LogP contribution in [0.15, 0.2) is 60.7 Å². The highest BCUT2D eigenvalue weighted by molar-refractivity contribution is 5.77. The molecule has 0 saturated heterocycles. The van der Waals surface area contributed by atoms with Gasteiger partial charge in [-0.05, 0) is 11.1 Å². The lowest BCUT2D eigenvalue weighted by atomic mass is 9.88. The molecule has 0 heterocycles. The quantitative estimate of drug-likeness (QED) is 0.631. The summed E-state index contributed by atoms with van der Waals surface area (Å²) in [4.78, 5) is 23.3. The molecule has 0 aliphatic heterocycles. The third-order valence-corrected chi connectivity index (χ3v) is 3.58. The van der Waals surface area contributed by atoms with E-state index in [9.17, 15) is 9.59 Å². The summed E-state index contributed by atoms with van der Waals surface area (Å²) in [6.45, 7) is 1.63. The fourth-order valence-electron chi connectivity index (χ4n) is 2.36. The van der Waals surface area contributed by atoms with Crippen molar-refractivity contribution in [3.8, 4) is 0 Å². The van der Waals surface area contributed by atoms with Crippen molar-refractivity contribution >= 4 is 11.9 Å². The van der Waals surface area contributed by atoms with E-state index >= 15 is 0 Å². The van der Waals surface area contributed by atoms with Crippen LogP contribution in [-0.2, 0) is 14.3 Å². The fraction of sp³-hybridized carbons (Fsp3) is 0.263. The third-order valence-electron chi connectivity index (χ3n) is 3.58. The number of esters is 1. The summed E-state index contributed by atoms with van der Waals surface area (Å²) in [6.07, 6.45) is 0.601. The Kier molecular flexibility index (Phi) is 6.36. The van der Waals surface area contributed by atoms with E-state index in [0.29, 0.717) is 12.8 Å². The Hall–Kier alpha value is -2.62. The van der Waals surface area contributed by atoms with Crippen molar-refractivity contribution in [3.63, 3.8) is 0 Å². The van der Waals surface area contributed by atoms with Gasteiger partial charge in [-0.1, -0.05) is 67.6 Å². The van der Waals surface area contributed by atoms with Crippen LogP contribution in [-0.4, -0.2) is 18.6 Å². The van der Waals surface area contributed by atoms with Gasteiger partial charge in [0.25, 0.3) is 0 Å². The maximum absolute atomic E-state index is 12.2. The van der Waals surface area contributed by atoms with E-state index in [2.05, 4.69) is 5.32 Å². The Bertz CT molecular complexity index is 586. The summed E-state index contributed by atoms with van der Waals surface area (Å²) >= 11 is 0. The average Bonchev–Trinajstić information content (AvgIpc) is 2.61. The van der Waals surface area contributed by atoms with Gasteiger partial charge < -0.3 is 10.1 Å². The van der Waals surface area contributed by atoms with Crippen LogP contribution < -0.4 is 5.32 Å². The molecule has 0 aromatic heterocycles. The van der Waals surface area contributed by atoms with Crippen LogP contribution >= 0.6 is 0 Å². The van der Waals surface area contributed by atoms with E-state index < -0.39 is 0 Å². The molecule has 1 amide bonds. The van der Waals surface area contributed by atoms with Gasteiger partial charge in [0, 0.05) is 18.8 Å². The van der Waals surface area contributed by atoms with E-state index in [1.807, 2.05) is 60.7 Å². The molecule has 2 aromatic carbocycles. The molecule has 4 heteroatoms. The lowest BCUT2D eigenvalue weighted by Crippen LogP contribution is -2.29. The summed E-state index contributed by atoms with van der Waals surface area (Å²) < 4.78 is 4.88. The molecule has 0 spiro atoms. The molecule has 0 atom stereocenters. The molecule has 0 radical (unpaired) electrons. The van der Waals surface area contributed by atoms with Crippen LogP contribution in [0, 0.1) is 0 Å². The molecular formula is C19H21NO3. The van der Waals surface area contributed by atoms with E-state index in [0.717, 1.165) is 11.1 Å². The fourth-order valence-corrected chi connectivity index (χ4v) is 2.36. The Balaban J connectivity index is 2.04. The minimum atomic E-state index is -0.326. The first-order valence-corrected chi connectivity index (χ1v) is 7.73. The van der Waals surface area contributed by atoms with Crippen LogP contribution in [0.5, 0.6) is 0 Å². The summed E-state index contributed by atoms with van der Waals surface area (Å²) in [7, 11) is 0. The predicted molar refractivity (Wildman–Crippen MR) is 88.7 cm³/mol. The molecule has 2 rings (SSSR count). The smallest absolute Gasteiger partial charge is 0.307 e. The van der Waals surface area contributed by atoms with Crippen molar-refractivity contribution < 1.29 is 14.3 Å². The van der Waals surface area contributed by atoms with E-state index in [1.54, 1.807) is 6.92 Å². The van der Waals surface area contributed by atoms with Crippen molar-refractivity contribution in [2.24, 2.45) is 0 Å². The molecule has 1 N–H and O–H groups in total. The first-order valence-electron chi connectivity index (χ1n) is 7.73. The third kappa shape index (κ3) is 5.25. The zero-order chi connectivity index (χ0) is 16.5. The van der Waals surface area contributed by atoms with Crippen LogP contribution in [0.3, 0.4) is 0 Å². The van der Waals surface area contributed by atoms with Crippen molar-refractivity contribution in [3.05, 3.63) is 71.8 Å². The lowest BCUT2D eigenvalue weighted by Gasteiger charge is -2.18. The second-order valence-electron chi connectivity index (χ2n) is 5.19. The highest BCUT2D eigenvalue weighted by Crippen LogP contribution is 2.27. The van der Waals surface area contributed by atoms with Crippen LogP contribution in [0.2, 0.25) is 0 Å². The van der Waals surface area contributed by atoms with Gasteiger partial charge in [-0.2, -0.15) is 0 Å². The summed E-state index contributed by atoms with van der Waals surface area (Å²) in [5, 5.41) is 2.64. The zero-order valence-corrected chi connectivity index (χ0v) is 13.2. The number of rotatable bonds is 7. The Morgan fingerprint density at radius 2 is 1.48 bits per heavy atom. The second-order valence-corrected chi connectivity index (χ2v) is 5.19. The van der Waals surface area contributed by atoms with Crippen molar-refractivity contribution in [2.45, 2.75) is 25.7 Å². The average molecular weight is 311 g/mol. The summed E-state index contributed by atoms with van der Waals surface area (Å²) in [6, 6.07) is 19.8. The first kappa shape index (κ1) is 16.7. The largest absolute Gasteiger partial charge is 0.444 e. The van der Waals surface area contributed by atoms with E-state index in [1.165, 1.54) is 0 Å². The number of carbonyl (C=O) groups excluding carboxylic acids is 2. The SMILES string of the molecule is CCC(=O)OCNC(=O)CC(c1ccccc1)c1ccccc1. The van der Waals surface area contributed by atoms with Crippen LogP contribution in [0.25, 0.3) is 0 Å². The number of carbonyl (C=O) groups is 2. The molecular weight excluding hydrogens is 290 g/mol. The molecule has 0 aliphatic carbocycles. The molecule has 23 heavy (non-hydrogen) atoms. The van der Waals surface area contributed by atoms with Gasteiger partial charge >= 0.3 is 5.97 Å². The minimum absolute atomic E-state index is 0.0284. The molecule has 0 saturated carbocycles. The highest BCUT2D eigenvalue weighted by atomic mass is 16.5. The normalized spacial score (nSPS) is 10.3. The molecule has 0 fully saturated rings. The molecule has 4 nitrogen and oxygen atoms in total. The Morgan fingerprint density at radius 3 is 1.96 bits per heavy atom. The maximum Gasteiger partial charge on any atom is 0.307 e. The monoisotopic (exact) mass is 311 g/mol. The minimum Gasteiger partial charge on any atom is -0.444 e. The Labute approximate surface area is 136 Å². The van der Waals surface area contributed by atoms with Gasteiger partial charge in [0.05, 0.1) is 0 Å². The Morgan fingerprint density at radius 1 is 0.957 bits per heavy atom. The van der Waals surface area contributed by atoms with Crippen molar-refractivity contribution in [1.29, 1.82) is 0 Å². The first-order chi connectivity index (χ1) is 11.2. The van der Waals surface area contributed by atoms with Gasteiger partial charge in [-0.15, -0.1) is 0 Å². The predicted octanol–water partition coefficient (Wildman–Crippen LogP) is 3.24. The molecule has 120 valence electrons. The molecule has 0 bridgehead atoms. The number of benzene rings is 2. The number of ether oxygens (including phenoxy) is 1. The van der Waals surface area contributed by atoms with E-state index in [-0.39, 0.29) is 24.5 Å². The number of amides is 1. The zero-order valence-electron chi connectivity index (χ0n) is 13.2.